The molecule has 0 amide bonds. The number of hydrogen-bond donors (Lipinski definition) is 0. The first-order valence-corrected chi connectivity index (χ1v) is 30.4. The zero-order valence-electron chi connectivity index (χ0n) is 47.8. The number of anilines is 6. The van der Waals surface area contributed by atoms with Crippen molar-refractivity contribution in [2.75, 3.05) is 9.80 Å². The molecule has 0 radical (unpaired) electrons. The Morgan fingerprint density at radius 3 is 1.39 bits per heavy atom. The number of nitrogens with zero attached hydrogens (tertiary/aromatic N) is 6. The Hall–Kier alpha value is -12.1. The van der Waals surface area contributed by atoms with Crippen LogP contribution in [-0.4, -0.2) is 19.1 Å². The molecule has 89 heavy (non-hydrogen) atoms. The summed E-state index contributed by atoms with van der Waals surface area (Å²) in [7, 11) is 0. The van der Waals surface area contributed by atoms with Crippen LogP contribution in [-0.2, 0) is 0 Å². The van der Waals surface area contributed by atoms with Crippen molar-refractivity contribution in [2.45, 2.75) is 0 Å². The number of benzene rings is 15. The van der Waals surface area contributed by atoms with Gasteiger partial charge >= 0.3 is 0 Å². The molecule has 0 bridgehead atoms. The summed E-state index contributed by atoms with van der Waals surface area (Å²) < 4.78 is 12.3. The van der Waals surface area contributed by atoms with Crippen LogP contribution in [0, 0.1) is 0 Å². The van der Waals surface area contributed by atoms with E-state index < -0.39 is 0 Å². The van der Waals surface area contributed by atoms with E-state index in [2.05, 4.69) is 280 Å². The van der Waals surface area contributed by atoms with Gasteiger partial charge in [-0.1, -0.05) is 164 Å². The largest absolute Gasteiger partial charge is 0.456 e. The molecule has 0 spiro atoms. The highest BCUT2D eigenvalue weighted by atomic mass is 16.3. The van der Waals surface area contributed by atoms with Gasteiger partial charge in [-0.15, -0.1) is 0 Å². The maximum atomic E-state index is 7.34. The molecule has 0 saturated heterocycles. The van der Waals surface area contributed by atoms with E-state index in [1.165, 1.54) is 53.9 Å². The lowest BCUT2D eigenvalue weighted by Crippen LogP contribution is -2.24. The van der Waals surface area contributed by atoms with E-state index in [1.54, 1.807) is 0 Å². The van der Waals surface area contributed by atoms with Crippen LogP contribution in [0.1, 0.15) is 0 Å². The van der Waals surface area contributed by atoms with E-state index in [4.69, 9.17) is 14.4 Å². The third-order valence-corrected chi connectivity index (χ3v) is 19.1. The standard InChI is InChI=1S/C82H48N6O/c1-3-22-52(23-4-1)85-66-30-7-10-33-69(66)87(70-34-11-8-31-67(70)85)72-42-62(50-20-16-40-83-47-50)57-37-39-60-73(43-63(51-21-17-41-84-48-51)58-36-38-59(72)81(57)82(58)60)88-71-35-12-9-32-68(71)86(53-24-5-2-6-25-53)74-44-65-76(46-75(74)88)89-77-45-64-56-27-14-19-49-18-13-26-54(78(49)56)55-28-15-29-61(79(55)64)80(65)77/h1-48H. The van der Waals surface area contributed by atoms with Crippen molar-refractivity contribution >= 4 is 154 Å². The Morgan fingerprint density at radius 2 is 0.764 bits per heavy atom. The van der Waals surface area contributed by atoms with Gasteiger partial charge in [0.15, 0.2) is 0 Å². The van der Waals surface area contributed by atoms with Gasteiger partial charge in [0.2, 0.25) is 0 Å². The number of hydrogen-bond acceptors (Lipinski definition) is 5. The second kappa shape index (κ2) is 18.2. The van der Waals surface area contributed by atoms with Crippen LogP contribution < -0.4 is 9.80 Å². The van der Waals surface area contributed by atoms with Crippen LogP contribution in [0.15, 0.2) is 296 Å². The minimum absolute atomic E-state index is 0.818. The Bertz CT molecular complexity index is 6120. The second-order valence-corrected chi connectivity index (χ2v) is 23.6. The number of para-hydroxylation sites is 8. The zero-order valence-corrected chi connectivity index (χ0v) is 47.8. The normalized spacial score (nSPS) is 12.7. The molecule has 7 nitrogen and oxygen atoms in total. The fourth-order valence-electron chi connectivity index (χ4n) is 15.5. The Kier molecular flexibility index (Phi) is 9.88. The topological polar surface area (TPSA) is 55.3 Å². The SMILES string of the molecule is c1ccc(N2c3ccccc3N(c3cc(-c4cccnc4)c4ccc5c(-n6c7ccccc7n(-c7ccccc7)c7cc8c(cc76)oc6cc7c9cccc%10cccc(c%11cccc(c68)c%117)c%109)cc(-c6cccnc6)c6ccc3c4c65)c3ccccc32)cc1. The molecular formula is C82H48N6O. The number of furan rings is 1. The van der Waals surface area contributed by atoms with E-state index in [1.807, 2.05) is 30.9 Å². The lowest BCUT2D eigenvalue weighted by molar-refractivity contribution is 0.670. The molecule has 0 saturated carbocycles. The van der Waals surface area contributed by atoms with Gasteiger partial charge in [0.1, 0.15) is 11.2 Å². The lowest BCUT2D eigenvalue weighted by Gasteiger charge is -2.41. The number of rotatable bonds is 6. The fourth-order valence-corrected chi connectivity index (χ4v) is 15.5. The van der Waals surface area contributed by atoms with E-state index >= 15 is 0 Å². The monoisotopic (exact) mass is 1130 g/mol. The molecule has 7 heteroatoms. The van der Waals surface area contributed by atoms with Gasteiger partial charge in [0.05, 0.1) is 56.2 Å². The van der Waals surface area contributed by atoms with E-state index in [-0.39, 0.29) is 0 Å². The average molecular weight is 1130 g/mol. The Morgan fingerprint density at radius 1 is 0.258 bits per heavy atom. The van der Waals surface area contributed by atoms with Crippen LogP contribution in [0.4, 0.5) is 34.1 Å². The van der Waals surface area contributed by atoms with Gasteiger partial charge in [-0.2, -0.15) is 0 Å². The van der Waals surface area contributed by atoms with Crippen LogP contribution in [0.2, 0.25) is 0 Å². The number of pyridine rings is 2. The molecule has 0 fully saturated rings. The first kappa shape index (κ1) is 48.2. The first-order chi connectivity index (χ1) is 44.2. The molecule has 1 aliphatic rings. The van der Waals surface area contributed by atoms with Crippen molar-refractivity contribution in [1.29, 1.82) is 0 Å². The molecule has 19 aromatic rings. The maximum Gasteiger partial charge on any atom is 0.137 e. The Balaban J connectivity index is 0.934. The maximum absolute atomic E-state index is 7.34. The predicted molar refractivity (Wildman–Crippen MR) is 371 cm³/mol. The van der Waals surface area contributed by atoms with Gasteiger partial charge in [0.25, 0.3) is 0 Å². The fraction of sp³-hybridized carbons (Fsp3) is 0. The molecule has 0 N–H and O–H groups in total. The van der Waals surface area contributed by atoms with Crippen molar-refractivity contribution in [2.24, 2.45) is 0 Å². The summed E-state index contributed by atoms with van der Waals surface area (Å²) in [5.41, 5.74) is 18.7. The highest BCUT2D eigenvalue weighted by molar-refractivity contribution is 6.38. The summed E-state index contributed by atoms with van der Waals surface area (Å²) in [6, 6.07) is 98.0. The molecule has 15 aromatic carbocycles. The summed E-state index contributed by atoms with van der Waals surface area (Å²) >= 11 is 0. The van der Waals surface area contributed by atoms with Crippen molar-refractivity contribution in [1.82, 2.24) is 19.1 Å². The smallest absolute Gasteiger partial charge is 0.137 e. The van der Waals surface area contributed by atoms with Gasteiger partial charge in [-0.3, -0.25) is 9.97 Å². The van der Waals surface area contributed by atoms with Crippen molar-refractivity contribution in [3.8, 4) is 33.6 Å². The van der Waals surface area contributed by atoms with Gasteiger partial charge < -0.3 is 23.4 Å². The summed E-state index contributed by atoms with van der Waals surface area (Å²) in [5.74, 6) is 0. The summed E-state index contributed by atoms with van der Waals surface area (Å²) in [6.45, 7) is 0. The highest BCUT2D eigenvalue weighted by Gasteiger charge is 2.33. The Labute approximate surface area is 509 Å². The van der Waals surface area contributed by atoms with E-state index in [9.17, 15) is 0 Å². The molecule has 412 valence electrons. The van der Waals surface area contributed by atoms with E-state index in [0.29, 0.717) is 0 Å². The third-order valence-electron chi connectivity index (χ3n) is 19.1. The first-order valence-electron chi connectivity index (χ1n) is 30.4. The van der Waals surface area contributed by atoms with Crippen molar-refractivity contribution in [3.63, 3.8) is 0 Å². The molecule has 1 aliphatic heterocycles. The van der Waals surface area contributed by atoms with E-state index in [0.717, 1.165) is 133 Å². The van der Waals surface area contributed by atoms with Crippen LogP contribution in [0.5, 0.6) is 0 Å². The van der Waals surface area contributed by atoms with Crippen molar-refractivity contribution < 1.29 is 4.42 Å². The van der Waals surface area contributed by atoms with Crippen molar-refractivity contribution in [3.05, 3.63) is 292 Å². The minimum atomic E-state index is 0.818. The molecule has 0 atom stereocenters. The molecule has 20 rings (SSSR count). The zero-order chi connectivity index (χ0) is 58.0. The van der Waals surface area contributed by atoms with Gasteiger partial charge in [-0.25, -0.2) is 0 Å². The van der Waals surface area contributed by atoms with Gasteiger partial charge in [0, 0.05) is 85.7 Å². The summed E-state index contributed by atoms with van der Waals surface area (Å²) in [4.78, 5) is 14.4. The molecular weight excluding hydrogens is 1080 g/mol. The van der Waals surface area contributed by atoms with Gasteiger partial charge in [-0.05, 0) is 162 Å². The number of fused-ring (bicyclic) bond motifs is 10. The molecule has 0 unspecified atom stereocenters. The lowest BCUT2D eigenvalue weighted by atomic mass is 9.85. The highest BCUT2D eigenvalue weighted by Crippen LogP contribution is 2.58. The van der Waals surface area contributed by atoms with Crippen LogP contribution >= 0.6 is 0 Å². The summed E-state index contributed by atoms with van der Waals surface area (Å²) in [5, 5.41) is 19.0. The molecule has 4 aromatic heterocycles. The summed E-state index contributed by atoms with van der Waals surface area (Å²) in [6.07, 6.45) is 7.74. The number of aromatic nitrogens is 4. The van der Waals surface area contributed by atoms with Crippen LogP contribution in [0.25, 0.3) is 153 Å². The molecule has 5 heterocycles. The quantitative estimate of drug-likeness (QED) is 0.123. The second-order valence-electron chi connectivity index (χ2n) is 23.6. The predicted octanol–water partition coefficient (Wildman–Crippen LogP) is 22.4. The third kappa shape index (κ3) is 6.70. The average Bonchev–Trinajstić information content (AvgIpc) is 1.78. The minimum Gasteiger partial charge on any atom is -0.456 e. The van der Waals surface area contributed by atoms with Crippen LogP contribution in [0.3, 0.4) is 0 Å². The molecule has 0 aliphatic carbocycles.